The minimum Gasteiger partial charge on any atom is -0.462 e. The first-order chi connectivity index (χ1) is 8.72. The molecule has 0 unspecified atom stereocenters. The summed E-state index contributed by atoms with van der Waals surface area (Å²) in [5, 5.41) is 0.198. The maximum atomic E-state index is 11.6. The maximum absolute atomic E-state index is 11.6. The fraction of sp³-hybridized carbons (Fsp3) is 0.615. The minimum atomic E-state index is -0.460. The quantitative estimate of drug-likeness (QED) is 0.623. The zero-order valence-corrected chi connectivity index (χ0v) is 11.2. The molecule has 18 heavy (non-hydrogen) atoms. The van der Waals surface area contributed by atoms with E-state index in [2.05, 4.69) is 9.97 Å². The highest BCUT2D eigenvalue weighted by atomic mass is 35.5. The van der Waals surface area contributed by atoms with Crippen LogP contribution in [0.2, 0.25) is 5.15 Å². The standard InChI is InChI=1S/C13H17ClN2O2/c1-2-18-13(17)10-8-15-12(16-11(10)14)9-6-4-3-5-7-9/h8-9H,2-7H2,1H3. The van der Waals surface area contributed by atoms with E-state index in [1.165, 1.54) is 25.5 Å². The normalized spacial score (nSPS) is 16.6. The van der Waals surface area contributed by atoms with Crippen molar-refractivity contribution in [3.05, 3.63) is 22.7 Å². The molecule has 1 aromatic rings. The summed E-state index contributed by atoms with van der Waals surface area (Å²) in [5.41, 5.74) is 0.248. The Hall–Kier alpha value is -1.16. The molecule has 98 valence electrons. The molecule has 0 atom stereocenters. The van der Waals surface area contributed by atoms with Gasteiger partial charge in [-0.2, -0.15) is 0 Å². The summed E-state index contributed by atoms with van der Waals surface area (Å²) in [4.78, 5) is 20.1. The molecule has 4 nitrogen and oxygen atoms in total. The van der Waals surface area contributed by atoms with Crippen LogP contribution in [0.15, 0.2) is 6.20 Å². The van der Waals surface area contributed by atoms with Crippen molar-refractivity contribution in [3.8, 4) is 0 Å². The number of esters is 1. The van der Waals surface area contributed by atoms with E-state index < -0.39 is 5.97 Å². The van der Waals surface area contributed by atoms with Crippen molar-refractivity contribution >= 4 is 17.6 Å². The second-order valence-electron chi connectivity index (χ2n) is 4.49. The van der Waals surface area contributed by atoms with Gasteiger partial charge in [0.2, 0.25) is 0 Å². The number of ether oxygens (including phenoxy) is 1. The minimum absolute atomic E-state index is 0.198. The predicted octanol–water partition coefficient (Wildman–Crippen LogP) is 3.35. The predicted molar refractivity (Wildman–Crippen MR) is 68.8 cm³/mol. The van der Waals surface area contributed by atoms with Gasteiger partial charge in [-0.15, -0.1) is 0 Å². The molecule has 0 aromatic carbocycles. The van der Waals surface area contributed by atoms with Crippen LogP contribution in [0.1, 0.15) is 61.1 Å². The monoisotopic (exact) mass is 268 g/mol. The molecule has 0 saturated heterocycles. The largest absolute Gasteiger partial charge is 0.462 e. The van der Waals surface area contributed by atoms with Crippen LogP contribution in [0, 0.1) is 0 Å². The van der Waals surface area contributed by atoms with E-state index in [9.17, 15) is 4.79 Å². The Kier molecular flexibility index (Phi) is 4.53. The van der Waals surface area contributed by atoms with E-state index in [1.807, 2.05) is 0 Å². The van der Waals surface area contributed by atoms with Crippen LogP contribution in [0.25, 0.3) is 0 Å². The fourth-order valence-corrected chi connectivity index (χ4v) is 2.49. The molecule has 1 fully saturated rings. The molecule has 1 aromatic heterocycles. The van der Waals surface area contributed by atoms with Gasteiger partial charge in [0, 0.05) is 12.1 Å². The van der Waals surface area contributed by atoms with Crippen LogP contribution in [-0.2, 0) is 4.74 Å². The number of aromatic nitrogens is 2. The van der Waals surface area contributed by atoms with Crippen LogP contribution < -0.4 is 0 Å². The molecule has 1 saturated carbocycles. The lowest BCUT2D eigenvalue weighted by Gasteiger charge is -2.20. The Labute approximate surface area is 112 Å². The van der Waals surface area contributed by atoms with Crippen LogP contribution in [-0.4, -0.2) is 22.5 Å². The second-order valence-corrected chi connectivity index (χ2v) is 4.85. The van der Waals surface area contributed by atoms with Crippen LogP contribution in [0.3, 0.4) is 0 Å². The summed E-state index contributed by atoms with van der Waals surface area (Å²) in [6, 6.07) is 0. The fourth-order valence-electron chi connectivity index (χ4n) is 2.28. The van der Waals surface area contributed by atoms with Gasteiger partial charge >= 0.3 is 5.97 Å². The number of rotatable bonds is 3. The topological polar surface area (TPSA) is 52.1 Å². The SMILES string of the molecule is CCOC(=O)c1cnc(C2CCCCC2)nc1Cl. The zero-order valence-electron chi connectivity index (χ0n) is 10.5. The van der Waals surface area contributed by atoms with Gasteiger partial charge in [-0.1, -0.05) is 30.9 Å². The molecule has 0 aliphatic heterocycles. The van der Waals surface area contributed by atoms with Crippen molar-refractivity contribution in [2.75, 3.05) is 6.61 Å². The molecule has 0 radical (unpaired) electrons. The third-order valence-electron chi connectivity index (χ3n) is 3.23. The van der Waals surface area contributed by atoms with Crippen LogP contribution >= 0.6 is 11.6 Å². The van der Waals surface area contributed by atoms with Crippen molar-refractivity contribution in [3.63, 3.8) is 0 Å². The maximum Gasteiger partial charge on any atom is 0.342 e. The van der Waals surface area contributed by atoms with Gasteiger partial charge in [-0.3, -0.25) is 0 Å². The lowest BCUT2D eigenvalue weighted by molar-refractivity contribution is 0.0525. The summed E-state index contributed by atoms with van der Waals surface area (Å²) in [6.45, 7) is 2.07. The van der Waals surface area contributed by atoms with Gasteiger partial charge < -0.3 is 4.74 Å². The average molecular weight is 269 g/mol. The Morgan fingerprint density at radius 2 is 2.17 bits per heavy atom. The summed E-state index contributed by atoms with van der Waals surface area (Å²) in [5.74, 6) is 0.679. The van der Waals surface area contributed by atoms with Crippen molar-refractivity contribution in [2.24, 2.45) is 0 Å². The molecule has 5 heteroatoms. The summed E-state index contributed by atoms with van der Waals surface area (Å²) in [7, 11) is 0. The molecule has 2 rings (SSSR count). The van der Waals surface area contributed by atoms with Gasteiger partial charge in [-0.05, 0) is 19.8 Å². The first-order valence-electron chi connectivity index (χ1n) is 6.42. The molecule has 1 heterocycles. The number of halogens is 1. The Morgan fingerprint density at radius 1 is 1.44 bits per heavy atom. The van der Waals surface area contributed by atoms with Crippen molar-refractivity contribution in [2.45, 2.75) is 44.9 Å². The molecule has 1 aliphatic carbocycles. The van der Waals surface area contributed by atoms with Crippen LogP contribution in [0.5, 0.6) is 0 Å². The number of carbonyl (C=O) groups excluding carboxylic acids is 1. The summed E-state index contributed by atoms with van der Waals surface area (Å²) in [6.07, 6.45) is 7.41. The number of carbonyl (C=O) groups is 1. The first-order valence-corrected chi connectivity index (χ1v) is 6.79. The summed E-state index contributed by atoms with van der Waals surface area (Å²) >= 11 is 6.03. The number of hydrogen-bond donors (Lipinski definition) is 0. The smallest absolute Gasteiger partial charge is 0.342 e. The highest BCUT2D eigenvalue weighted by molar-refractivity contribution is 6.32. The number of nitrogens with zero attached hydrogens (tertiary/aromatic N) is 2. The molecular formula is C13H17ClN2O2. The molecular weight excluding hydrogens is 252 g/mol. The third-order valence-corrected chi connectivity index (χ3v) is 3.51. The highest BCUT2D eigenvalue weighted by Gasteiger charge is 2.21. The Morgan fingerprint density at radius 3 is 2.78 bits per heavy atom. The molecule has 0 amide bonds. The van der Waals surface area contributed by atoms with Gasteiger partial charge in [0.1, 0.15) is 16.5 Å². The van der Waals surface area contributed by atoms with E-state index >= 15 is 0 Å². The van der Waals surface area contributed by atoms with E-state index in [1.54, 1.807) is 6.92 Å². The van der Waals surface area contributed by atoms with Crippen LogP contribution in [0.4, 0.5) is 0 Å². The van der Waals surface area contributed by atoms with E-state index in [0.29, 0.717) is 12.5 Å². The lowest BCUT2D eigenvalue weighted by Crippen LogP contribution is -2.12. The van der Waals surface area contributed by atoms with Crippen molar-refractivity contribution in [1.82, 2.24) is 9.97 Å². The number of hydrogen-bond acceptors (Lipinski definition) is 4. The Balaban J connectivity index is 2.16. The van der Waals surface area contributed by atoms with Crippen molar-refractivity contribution < 1.29 is 9.53 Å². The van der Waals surface area contributed by atoms with E-state index in [4.69, 9.17) is 16.3 Å². The van der Waals surface area contributed by atoms with Gasteiger partial charge in [-0.25, -0.2) is 14.8 Å². The first kappa shape index (κ1) is 13.3. The molecule has 0 N–H and O–H groups in total. The second kappa shape index (κ2) is 6.14. The molecule has 0 spiro atoms. The molecule has 1 aliphatic rings. The summed E-state index contributed by atoms with van der Waals surface area (Å²) < 4.78 is 4.89. The van der Waals surface area contributed by atoms with E-state index in [0.717, 1.165) is 18.7 Å². The van der Waals surface area contributed by atoms with Gasteiger partial charge in [0.05, 0.1) is 6.61 Å². The average Bonchev–Trinajstić information content (AvgIpc) is 2.40. The van der Waals surface area contributed by atoms with Gasteiger partial charge in [0.15, 0.2) is 0 Å². The van der Waals surface area contributed by atoms with Gasteiger partial charge in [0.25, 0.3) is 0 Å². The third kappa shape index (κ3) is 2.99. The van der Waals surface area contributed by atoms with E-state index in [-0.39, 0.29) is 10.7 Å². The van der Waals surface area contributed by atoms with Crippen molar-refractivity contribution in [1.29, 1.82) is 0 Å². The Bertz CT molecular complexity index is 431. The highest BCUT2D eigenvalue weighted by Crippen LogP contribution is 2.31. The lowest BCUT2D eigenvalue weighted by atomic mass is 9.89. The molecule has 0 bridgehead atoms. The zero-order chi connectivity index (χ0) is 13.0.